The molecule has 0 saturated carbocycles. The van der Waals surface area contributed by atoms with Gasteiger partial charge in [0.25, 0.3) is 0 Å². The van der Waals surface area contributed by atoms with E-state index in [9.17, 15) is 0 Å². The SMILES string of the molecule is CCOc1ccc(N)cc1CN1CCN(C(C)CC)CC1. The number of piperazine rings is 1. The van der Waals surface area contributed by atoms with Gasteiger partial charge in [-0.3, -0.25) is 9.80 Å². The van der Waals surface area contributed by atoms with Crippen LogP contribution in [0.4, 0.5) is 5.69 Å². The van der Waals surface area contributed by atoms with Crippen molar-refractivity contribution in [3.8, 4) is 5.75 Å². The Hall–Kier alpha value is -1.26. The zero-order valence-corrected chi connectivity index (χ0v) is 13.6. The molecule has 2 N–H and O–H groups in total. The molecule has 0 aromatic heterocycles. The summed E-state index contributed by atoms with van der Waals surface area (Å²) in [5.41, 5.74) is 7.94. The van der Waals surface area contributed by atoms with Gasteiger partial charge in [0.2, 0.25) is 0 Å². The van der Waals surface area contributed by atoms with Crippen molar-refractivity contribution in [1.82, 2.24) is 9.80 Å². The second-order valence-corrected chi connectivity index (χ2v) is 5.87. The highest BCUT2D eigenvalue weighted by Gasteiger charge is 2.20. The van der Waals surface area contributed by atoms with Crippen molar-refractivity contribution in [2.45, 2.75) is 39.8 Å². The molecular weight excluding hydrogens is 262 g/mol. The summed E-state index contributed by atoms with van der Waals surface area (Å²) in [6.45, 7) is 12.8. The maximum atomic E-state index is 5.93. The third kappa shape index (κ3) is 4.35. The van der Waals surface area contributed by atoms with E-state index in [2.05, 4.69) is 23.6 Å². The Morgan fingerprint density at radius 1 is 1.19 bits per heavy atom. The standard InChI is InChI=1S/C17H29N3O/c1-4-14(3)20-10-8-19(9-11-20)13-15-12-16(18)6-7-17(15)21-5-2/h6-7,12,14H,4-5,8-11,13,18H2,1-3H3. The summed E-state index contributed by atoms with van der Waals surface area (Å²) in [6, 6.07) is 6.64. The first kappa shape index (κ1) is 16.1. The summed E-state index contributed by atoms with van der Waals surface area (Å²) in [5, 5.41) is 0. The van der Waals surface area contributed by atoms with E-state index in [0.29, 0.717) is 12.6 Å². The molecule has 0 aliphatic carbocycles. The molecule has 0 amide bonds. The van der Waals surface area contributed by atoms with Gasteiger partial charge in [0.05, 0.1) is 6.61 Å². The normalized spacial score (nSPS) is 18.6. The first-order valence-corrected chi connectivity index (χ1v) is 8.11. The smallest absolute Gasteiger partial charge is 0.123 e. The van der Waals surface area contributed by atoms with E-state index in [0.717, 1.165) is 44.2 Å². The second-order valence-electron chi connectivity index (χ2n) is 5.87. The molecule has 0 radical (unpaired) electrons. The van der Waals surface area contributed by atoms with E-state index in [4.69, 9.17) is 10.5 Å². The van der Waals surface area contributed by atoms with Crippen LogP contribution in [0.5, 0.6) is 5.75 Å². The molecule has 1 atom stereocenters. The lowest BCUT2D eigenvalue weighted by molar-refractivity contribution is 0.0957. The summed E-state index contributed by atoms with van der Waals surface area (Å²) in [7, 11) is 0. The van der Waals surface area contributed by atoms with Gasteiger partial charge in [-0.1, -0.05) is 6.92 Å². The number of ether oxygens (including phenoxy) is 1. The van der Waals surface area contributed by atoms with Gasteiger partial charge in [-0.05, 0) is 38.5 Å². The Kier molecular flexibility index (Phi) is 5.88. The first-order valence-electron chi connectivity index (χ1n) is 8.11. The minimum absolute atomic E-state index is 0.693. The van der Waals surface area contributed by atoms with E-state index in [1.807, 2.05) is 25.1 Å². The van der Waals surface area contributed by atoms with Crippen LogP contribution in [0.2, 0.25) is 0 Å². The Morgan fingerprint density at radius 2 is 1.90 bits per heavy atom. The van der Waals surface area contributed by atoms with Crippen LogP contribution >= 0.6 is 0 Å². The molecule has 1 heterocycles. The lowest BCUT2D eigenvalue weighted by atomic mass is 10.1. The second kappa shape index (κ2) is 7.66. The minimum Gasteiger partial charge on any atom is -0.494 e. The predicted octanol–water partition coefficient (Wildman–Crippen LogP) is 2.58. The van der Waals surface area contributed by atoms with Crippen LogP contribution in [0.3, 0.4) is 0 Å². The third-order valence-electron chi connectivity index (χ3n) is 4.40. The van der Waals surface area contributed by atoms with Crippen LogP contribution in [0.15, 0.2) is 18.2 Å². The van der Waals surface area contributed by atoms with Gasteiger partial charge in [0.1, 0.15) is 5.75 Å². The number of hydrogen-bond donors (Lipinski definition) is 1. The van der Waals surface area contributed by atoms with E-state index < -0.39 is 0 Å². The maximum Gasteiger partial charge on any atom is 0.123 e. The highest BCUT2D eigenvalue weighted by atomic mass is 16.5. The molecule has 1 aromatic carbocycles. The highest BCUT2D eigenvalue weighted by molar-refractivity contribution is 5.47. The molecule has 1 aliphatic heterocycles. The van der Waals surface area contributed by atoms with E-state index in [1.165, 1.54) is 12.0 Å². The Morgan fingerprint density at radius 3 is 2.52 bits per heavy atom. The first-order chi connectivity index (χ1) is 10.1. The van der Waals surface area contributed by atoms with Crippen molar-refractivity contribution in [3.63, 3.8) is 0 Å². The van der Waals surface area contributed by atoms with Crippen LogP contribution in [0.25, 0.3) is 0 Å². The van der Waals surface area contributed by atoms with Crippen molar-refractivity contribution in [2.24, 2.45) is 0 Å². The molecule has 4 heteroatoms. The Labute approximate surface area is 128 Å². The van der Waals surface area contributed by atoms with E-state index in [-0.39, 0.29) is 0 Å². The number of benzene rings is 1. The van der Waals surface area contributed by atoms with Gasteiger partial charge < -0.3 is 10.5 Å². The number of nitrogens with zero attached hydrogens (tertiary/aromatic N) is 2. The van der Waals surface area contributed by atoms with Crippen molar-refractivity contribution >= 4 is 5.69 Å². The van der Waals surface area contributed by atoms with Crippen molar-refractivity contribution in [2.75, 3.05) is 38.5 Å². The fourth-order valence-corrected chi connectivity index (χ4v) is 2.88. The zero-order valence-electron chi connectivity index (χ0n) is 13.6. The van der Waals surface area contributed by atoms with Crippen molar-refractivity contribution in [3.05, 3.63) is 23.8 Å². The Bertz CT molecular complexity index is 442. The molecule has 0 spiro atoms. The lowest BCUT2D eigenvalue weighted by Gasteiger charge is -2.38. The molecule has 1 aliphatic rings. The molecule has 4 nitrogen and oxygen atoms in total. The average Bonchev–Trinajstić information content (AvgIpc) is 2.50. The molecule has 1 fully saturated rings. The monoisotopic (exact) mass is 291 g/mol. The maximum absolute atomic E-state index is 5.93. The quantitative estimate of drug-likeness (QED) is 0.818. The molecular formula is C17H29N3O. The van der Waals surface area contributed by atoms with Crippen molar-refractivity contribution < 1.29 is 4.74 Å². The predicted molar refractivity (Wildman–Crippen MR) is 88.6 cm³/mol. The van der Waals surface area contributed by atoms with E-state index >= 15 is 0 Å². The molecule has 1 saturated heterocycles. The fourth-order valence-electron chi connectivity index (χ4n) is 2.88. The summed E-state index contributed by atoms with van der Waals surface area (Å²) in [6.07, 6.45) is 1.23. The van der Waals surface area contributed by atoms with Crippen LogP contribution in [-0.4, -0.2) is 48.6 Å². The van der Waals surface area contributed by atoms with Gasteiger partial charge in [0, 0.05) is 50.0 Å². The van der Waals surface area contributed by atoms with Crippen molar-refractivity contribution in [1.29, 1.82) is 0 Å². The lowest BCUT2D eigenvalue weighted by Crippen LogP contribution is -2.49. The fraction of sp³-hybridized carbons (Fsp3) is 0.647. The number of nitrogens with two attached hydrogens (primary N) is 1. The van der Waals surface area contributed by atoms with Gasteiger partial charge in [0.15, 0.2) is 0 Å². The minimum atomic E-state index is 0.693. The van der Waals surface area contributed by atoms with Crippen LogP contribution in [0, 0.1) is 0 Å². The van der Waals surface area contributed by atoms with Gasteiger partial charge in [-0.2, -0.15) is 0 Å². The summed E-state index contributed by atoms with van der Waals surface area (Å²) >= 11 is 0. The zero-order chi connectivity index (χ0) is 15.2. The Balaban J connectivity index is 1.95. The molecule has 21 heavy (non-hydrogen) atoms. The van der Waals surface area contributed by atoms with Gasteiger partial charge in [-0.15, -0.1) is 0 Å². The molecule has 1 aromatic rings. The van der Waals surface area contributed by atoms with Crippen LogP contribution in [0.1, 0.15) is 32.8 Å². The number of nitrogen functional groups attached to an aromatic ring is 1. The number of rotatable bonds is 6. The van der Waals surface area contributed by atoms with Gasteiger partial charge in [-0.25, -0.2) is 0 Å². The topological polar surface area (TPSA) is 41.7 Å². The average molecular weight is 291 g/mol. The largest absolute Gasteiger partial charge is 0.494 e. The molecule has 0 bridgehead atoms. The van der Waals surface area contributed by atoms with Gasteiger partial charge >= 0.3 is 0 Å². The molecule has 118 valence electrons. The molecule has 2 rings (SSSR count). The summed E-state index contributed by atoms with van der Waals surface area (Å²) in [4.78, 5) is 5.08. The highest BCUT2D eigenvalue weighted by Crippen LogP contribution is 2.24. The summed E-state index contributed by atoms with van der Waals surface area (Å²) < 4.78 is 5.72. The van der Waals surface area contributed by atoms with Crippen LogP contribution < -0.4 is 10.5 Å². The van der Waals surface area contributed by atoms with Crippen LogP contribution in [-0.2, 0) is 6.54 Å². The third-order valence-corrected chi connectivity index (χ3v) is 4.40. The molecule has 1 unspecified atom stereocenters. The van der Waals surface area contributed by atoms with E-state index in [1.54, 1.807) is 0 Å². The summed E-state index contributed by atoms with van der Waals surface area (Å²) in [5.74, 6) is 0.969. The number of hydrogen-bond acceptors (Lipinski definition) is 4. The number of anilines is 1.